The number of aromatic nitrogens is 3. The molecule has 1 heterocycles. The lowest BCUT2D eigenvalue weighted by molar-refractivity contribution is 0.502. The molecule has 0 saturated heterocycles. The van der Waals surface area contributed by atoms with Crippen molar-refractivity contribution in [3.05, 3.63) is 41.2 Å². The first kappa shape index (κ1) is 13.0. The summed E-state index contributed by atoms with van der Waals surface area (Å²) in [4.78, 5) is 0. The van der Waals surface area contributed by atoms with Gasteiger partial charge in [-0.2, -0.15) is 0 Å². The van der Waals surface area contributed by atoms with Gasteiger partial charge in [0.25, 0.3) is 0 Å². The van der Waals surface area contributed by atoms with Crippen LogP contribution in [0.1, 0.15) is 11.4 Å². The molecular formula is C11H12F2N4S. The van der Waals surface area contributed by atoms with Crippen molar-refractivity contribution in [2.75, 3.05) is 0 Å². The van der Waals surface area contributed by atoms with Crippen molar-refractivity contribution in [2.45, 2.75) is 17.5 Å². The predicted octanol–water partition coefficient (Wildman–Crippen LogP) is 1.84. The standard InChI is InChI=1S/C11H12F2N4S/c1-17-9(5-14)15-16-11(17)18-6-7-3-2-4-8(12)10(7)13/h2-4H,5-6,14H2,1H3. The normalized spacial score (nSPS) is 10.9. The number of benzene rings is 1. The monoisotopic (exact) mass is 270 g/mol. The summed E-state index contributed by atoms with van der Waals surface area (Å²) in [5.74, 6) is -0.711. The first-order chi connectivity index (χ1) is 8.63. The highest BCUT2D eigenvalue weighted by Crippen LogP contribution is 2.23. The molecule has 0 radical (unpaired) electrons. The molecule has 0 saturated carbocycles. The van der Waals surface area contributed by atoms with E-state index >= 15 is 0 Å². The minimum absolute atomic E-state index is 0.290. The van der Waals surface area contributed by atoms with Crippen molar-refractivity contribution in [2.24, 2.45) is 12.8 Å². The smallest absolute Gasteiger partial charge is 0.191 e. The van der Waals surface area contributed by atoms with E-state index in [9.17, 15) is 8.78 Å². The number of nitrogens with zero attached hydrogens (tertiary/aromatic N) is 3. The molecule has 1 aromatic heterocycles. The van der Waals surface area contributed by atoms with E-state index in [2.05, 4.69) is 10.2 Å². The zero-order valence-corrected chi connectivity index (χ0v) is 10.5. The number of rotatable bonds is 4. The van der Waals surface area contributed by atoms with E-state index in [1.807, 2.05) is 0 Å². The maximum atomic E-state index is 13.4. The van der Waals surface area contributed by atoms with Gasteiger partial charge in [-0.05, 0) is 6.07 Å². The molecule has 2 rings (SSSR count). The Morgan fingerprint density at radius 2 is 2.11 bits per heavy atom. The Balaban J connectivity index is 2.11. The number of thioether (sulfide) groups is 1. The zero-order chi connectivity index (χ0) is 13.1. The van der Waals surface area contributed by atoms with Gasteiger partial charge in [-0.25, -0.2) is 8.78 Å². The van der Waals surface area contributed by atoms with Crippen LogP contribution in [0.15, 0.2) is 23.4 Å². The molecule has 96 valence electrons. The molecule has 0 atom stereocenters. The lowest BCUT2D eigenvalue weighted by atomic mass is 10.2. The molecular weight excluding hydrogens is 258 g/mol. The Morgan fingerprint density at radius 3 is 2.78 bits per heavy atom. The number of hydrogen-bond acceptors (Lipinski definition) is 4. The number of halogens is 2. The fourth-order valence-corrected chi connectivity index (χ4v) is 2.36. The van der Waals surface area contributed by atoms with Gasteiger partial charge in [-0.15, -0.1) is 10.2 Å². The molecule has 0 unspecified atom stereocenters. The maximum Gasteiger partial charge on any atom is 0.191 e. The second-order valence-electron chi connectivity index (χ2n) is 3.66. The predicted molar refractivity (Wildman–Crippen MR) is 64.8 cm³/mol. The first-order valence-corrected chi connectivity index (χ1v) is 6.26. The summed E-state index contributed by atoms with van der Waals surface area (Å²) in [5.41, 5.74) is 5.78. The van der Waals surface area contributed by atoms with E-state index in [-0.39, 0.29) is 0 Å². The largest absolute Gasteiger partial charge is 0.324 e. The molecule has 0 aliphatic rings. The van der Waals surface area contributed by atoms with Crippen LogP contribution in [-0.4, -0.2) is 14.8 Å². The minimum atomic E-state index is -0.839. The van der Waals surface area contributed by atoms with Gasteiger partial charge in [0.15, 0.2) is 16.8 Å². The van der Waals surface area contributed by atoms with Crippen LogP contribution in [0, 0.1) is 11.6 Å². The summed E-state index contributed by atoms with van der Waals surface area (Å²) in [5, 5.41) is 8.44. The van der Waals surface area contributed by atoms with E-state index in [0.717, 1.165) is 6.07 Å². The highest BCUT2D eigenvalue weighted by Gasteiger charge is 2.11. The summed E-state index contributed by atoms with van der Waals surface area (Å²) in [7, 11) is 1.78. The van der Waals surface area contributed by atoms with Gasteiger partial charge in [-0.1, -0.05) is 23.9 Å². The van der Waals surface area contributed by atoms with E-state index in [1.165, 1.54) is 17.8 Å². The molecule has 1 aromatic carbocycles. The van der Waals surface area contributed by atoms with Crippen LogP contribution in [0.2, 0.25) is 0 Å². The minimum Gasteiger partial charge on any atom is -0.324 e. The molecule has 18 heavy (non-hydrogen) atoms. The molecule has 2 aromatic rings. The fraction of sp³-hybridized carbons (Fsp3) is 0.273. The summed E-state index contributed by atoms with van der Waals surface area (Å²) >= 11 is 1.29. The van der Waals surface area contributed by atoms with Crippen LogP contribution in [-0.2, 0) is 19.3 Å². The van der Waals surface area contributed by atoms with Gasteiger partial charge >= 0.3 is 0 Å². The van der Waals surface area contributed by atoms with Gasteiger partial charge in [0.05, 0.1) is 6.54 Å². The zero-order valence-electron chi connectivity index (χ0n) is 9.73. The van der Waals surface area contributed by atoms with Crippen molar-refractivity contribution >= 4 is 11.8 Å². The molecule has 0 aliphatic carbocycles. The van der Waals surface area contributed by atoms with E-state index < -0.39 is 11.6 Å². The van der Waals surface area contributed by atoms with Gasteiger partial charge in [-0.3, -0.25) is 0 Å². The van der Waals surface area contributed by atoms with Crippen LogP contribution in [0.5, 0.6) is 0 Å². The Bertz CT molecular complexity index is 556. The molecule has 0 bridgehead atoms. The third kappa shape index (κ3) is 2.51. The Morgan fingerprint density at radius 1 is 1.33 bits per heavy atom. The quantitative estimate of drug-likeness (QED) is 0.861. The highest BCUT2D eigenvalue weighted by atomic mass is 32.2. The van der Waals surface area contributed by atoms with Crippen LogP contribution in [0.25, 0.3) is 0 Å². The average molecular weight is 270 g/mol. The van der Waals surface area contributed by atoms with Crippen molar-refractivity contribution in [1.29, 1.82) is 0 Å². The third-order valence-corrected chi connectivity index (χ3v) is 3.57. The second kappa shape index (κ2) is 5.45. The first-order valence-electron chi connectivity index (χ1n) is 5.27. The number of nitrogens with two attached hydrogens (primary N) is 1. The van der Waals surface area contributed by atoms with Crippen LogP contribution < -0.4 is 5.73 Å². The molecule has 2 N–H and O–H groups in total. The summed E-state index contributed by atoms with van der Waals surface area (Å²) in [6.45, 7) is 0.290. The molecule has 4 nitrogen and oxygen atoms in total. The lowest BCUT2D eigenvalue weighted by Crippen LogP contribution is -2.05. The van der Waals surface area contributed by atoms with Gasteiger partial charge < -0.3 is 10.3 Å². The van der Waals surface area contributed by atoms with Crippen LogP contribution in [0.3, 0.4) is 0 Å². The molecule has 0 aliphatic heterocycles. The average Bonchev–Trinajstić information content (AvgIpc) is 2.72. The summed E-state index contributed by atoms with van der Waals surface area (Å²) in [6.07, 6.45) is 0. The fourth-order valence-electron chi connectivity index (χ4n) is 1.45. The topological polar surface area (TPSA) is 56.7 Å². The van der Waals surface area contributed by atoms with Crippen molar-refractivity contribution < 1.29 is 8.78 Å². The van der Waals surface area contributed by atoms with Crippen LogP contribution in [0.4, 0.5) is 8.78 Å². The van der Waals surface area contributed by atoms with Gasteiger partial charge in [0.2, 0.25) is 0 Å². The van der Waals surface area contributed by atoms with Gasteiger partial charge in [0.1, 0.15) is 5.82 Å². The molecule has 7 heteroatoms. The van der Waals surface area contributed by atoms with E-state index in [0.29, 0.717) is 28.8 Å². The SMILES string of the molecule is Cn1c(CN)nnc1SCc1cccc(F)c1F. The Labute approximate surface area is 107 Å². The number of hydrogen-bond donors (Lipinski definition) is 1. The van der Waals surface area contributed by atoms with Crippen molar-refractivity contribution in [3.8, 4) is 0 Å². The van der Waals surface area contributed by atoms with Crippen LogP contribution >= 0.6 is 11.8 Å². The van der Waals surface area contributed by atoms with Crippen molar-refractivity contribution in [3.63, 3.8) is 0 Å². The maximum absolute atomic E-state index is 13.4. The van der Waals surface area contributed by atoms with Gasteiger partial charge in [0, 0.05) is 18.4 Å². The molecule has 0 amide bonds. The molecule has 0 spiro atoms. The summed E-state index contributed by atoms with van der Waals surface area (Å²) < 4.78 is 28.2. The van der Waals surface area contributed by atoms with E-state index in [1.54, 1.807) is 17.7 Å². The second-order valence-corrected chi connectivity index (χ2v) is 4.61. The summed E-state index contributed by atoms with van der Waals surface area (Å²) in [6, 6.07) is 4.13. The molecule has 0 fully saturated rings. The Hall–Kier alpha value is -1.47. The highest BCUT2D eigenvalue weighted by molar-refractivity contribution is 7.98. The van der Waals surface area contributed by atoms with E-state index in [4.69, 9.17) is 5.73 Å². The Kier molecular flexibility index (Phi) is 3.93. The lowest BCUT2D eigenvalue weighted by Gasteiger charge is -2.04. The third-order valence-electron chi connectivity index (χ3n) is 2.50. The van der Waals surface area contributed by atoms with Crippen molar-refractivity contribution in [1.82, 2.24) is 14.8 Å².